The van der Waals surface area contributed by atoms with E-state index in [1.54, 1.807) is 36.7 Å². The molecule has 2 aromatic carbocycles. The van der Waals surface area contributed by atoms with E-state index in [1.807, 2.05) is 18.2 Å². The van der Waals surface area contributed by atoms with Crippen molar-refractivity contribution in [3.8, 4) is 11.3 Å². The molecule has 0 saturated carbocycles. The Morgan fingerprint density at radius 3 is 2.64 bits per heavy atom. The lowest BCUT2D eigenvalue weighted by atomic mass is 10.1. The summed E-state index contributed by atoms with van der Waals surface area (Å²) in [7, 11) is -2.08. The molecule has 0 spiro atoms. The third-order valence-electron chi connectivity index (χ3n) is 5.98. The molecule has 5 rings (SSSR count). The van der Waals surface area contributed by atoms with Crippen molar-refractivity contribution in [1.29, 1.82) is 0 Å². The van der Waals surface area contributed by atoms with E-state index < -0.39 is 16.1 Å². The number of pyridine rings is 2. The molecule has 0 unspecified atom stereocenters. The molecular formula is C25H21Cl2N5O3S. The first-order chi connectivity index (χ1) is 17.2. The molecule has 3 heterocycles. The van der Waals surface area contributed by atoms with E-state index in [0.717, 1.165) is 10.9 Å². The molecule has 184 valence electrons. The van der Waals surface area contributed by atoms with Crippen LogP contribution in [0.2, 0.25) is 10.0 Å². The summed E-state index contributed by atoms with van der Waals surface area (Å²) in [5, 5.41) is 4.38. The molecule has 1 saturated heterocycles. The minimum Gasteiger partial charge on any atom is -0.322 e. The average Bonchev–Trinajstić information content (AvgIpc) is 2.86. The number of halogens is 2. The van der Waals surface area contributed by atoms with Gasteiger partial charge in [0.05, 0.1) is 32.5 Å². The molecule has 36 heavy (non-hydrogen) atoms. The van der Waals surface area contributed by atoms with Crippen molar-refractivity contribution >= 4 is 61.6 Å². The van der Waals surface area contributed by atoms with E-state index in [4.69, 9.17) is 23.2 Å². The maximum atomic E-state index is 13.0. The molecule has 1 amide bonds. The lowest BCUT2D eigenvalue weighted by Gasteiger charge is -2.34. The summed E-state index contributed by atoms with van der Waals surface area (Å²) in [5.74, 6) is -0.434. The number of rotatable bonds is 4. The SMILES string of the molecule is CN1CCCN(c2ccc(C(=O)Nc3ccc(Cl)c(-c4ccc5cnccc5n4)c3)c(Cl)c2)S1(=O)=O. The predicted octanol–water partition coefficient (Wildman–Crippen LogP) is 5.24. The first-order valence-electron chi connectivity index (χ1n) is 11.1. The van der Waals surface area contributed by atoms with Crippen molar-refractivity contribution in [2.24, 2.45) is 0 Å². The summed E-state index contributed by atoms with van der Waals surface area (Å²) in [6, 6.07) is 15.3. The molecule has 11 heteroatoms. The zero-order chi connectivity index (χ0) is 25.4. The van der Waals surface area contributed by atoms with Crippen molar-refractivity contribution in [1.82, 2.24) is 14.3 Å². The molecule has 2 aromatic heterocycles. The molecule has 1 aliphatic heterocycles. The Kier molecular flexibility index (Phi) is 6.57. The fourth-order valence-corrected chi connectivity index (χ4v) is 5.97. The van der Waals surface area contributed by atoms with Gasteiger partial charge in [0, 0.05) is 49.2 Å². The van der Waals surface area contributed by atoms with Crippen LogP contribution in [0.4, 0.5) is 11.4 Å². The van der Waals surface area contributed by atoms with Crippen LogP contribution in [0, 0.1) is 0 Å². The monoisotopic (exact) mass is 541 g/mol. The normalized spacial score (nSPS) is 15.7. The van der Waals surface area contributed by atoms with E-state index in [-0.39, 0.29) is 10.6 Å². The quantitative estimate of drug-likeness (QED) is 0.381. The number of benzene rings is 2. The van der Waals surface area contributed by atoms with Gasteiger partial charge in [-0.1, -0.05) is 23.2 Å². The second-order valence-electron chi connectivity index (χ2n) is 8.33. The minimum atomic E-state index is -3.62. The van der Waals surface area contributed by atoms with Gasteiger partial charge in [0.15, 0.2) is 0 Å². The van der Waals surface area contributed by atoms with E-state index >= 15 is 0 Å². The van der Waals surface area contributed by atoms with Gasteiger partial charge in [0.2, 0.25) is 0 Å². The van der Waals surface area contributed by atoms with Gasteiger partial charge in [0.1, 0.15) is 0 Å². The molecule has 0 atom stereocenters. The highest BCUT2D eigenvalue weighted by Crippen LogP contribution is 2.32. The molecule has 8 nitrogen and oxygen atoms in total. The first-order valence-corrected chi connectivity index (χ1v) is 13.2. The lowest BCUT2D eigenvalue weighted by molar-refractivity contribution is 0.102. The van der Waals surface area contributed by atoms with Crippen LogP contribution in [-0.2, 0) is 10.2 Å². The zero-order valence-corrected chi connectivity index (χ0v) is 21.5. The summed E-state index contributed by atoms with van der Waals surface area (Å²) in [5.41, 5.74) is 3.24. The summed E-state index contributed by atoms with van der Waals surface area (Å²) < 4.78 is 27.9. The van der Waals surface area contributed by atoms with Crippen LogP contribution in [0.3, 0.4) is 0 Å². The number of aromatic nitrogens is 2. The van der Waals surface area contributed by atoms with Crippen LogP contribution >= 0.6 is 23.2 Å². The van der Waals surface area contributed by atoms with E-state index in [2.05, 4.69) is 15.3 Å². The number of hydrogen-bond acceptors (Lipinski definition) is 5. The van der Waals surface area contributed by atoms with Gasteiger partial charge < -0.3 is 5.32 Å². The van der Waals surface area contributed by atoms with Gasteiger partial charge in [-0.25, -0.2) is 4.98 Å². The fourth-order valence-electron chi connectivity index (χ4n) is 4.05. The highest BCUT2D eigenvalue weighted by molar-refractivity contribution is 7.90. The van der Waals surface area contributed by atoms with Crippen LogP contribution in [0.1, 0.15) is 16.8 Å². The van der Waals surface area contributed by atoms with Crippen molar-refractivity contribution < 1.29 is 13.2 Å². The standard InChI is InChI=1S/C25H21Cl2N5O3S/c1-31-11-2-12-32(36(31,34)35)18-5-6-19(22(27)14-18)25(33)29-17-4-7-21(26)20(13-17)24-8-3-16-15-28-10-9-23(16)30-24/h3-10,13-15H,2,11-12H2,1H3,(H,29,33). The number of nitrogens with zero attached hydrogens (tertiary/aromatic N) is 4. The smallest absolute Gasteiger partial charge is 0.303 e. The van der Waals surface area contributed by atoms with Gasteiger partial charge in [0.25, 0.3) is 5.91 Å². The van der Waals surface area contributed by atoms with Crippen molar-refractivity contribution in [3.63, 3.8) is 0 Å². The third kappa shape index (κ3) is 4.62. The van der Waals surface area contributed by atoms with Crippen molar-refractivity contribution in [2.75, 3.05) is 29.8 Å². The van der Waals surface area contributed by atoms with Gasteiger partial charge in [-0.2, -0.15) is 12.7 Å². The summed E-state index contributed by atoms with van der Waals surface area (Å²) in [6.45, 7) is 0.809. The lowest BCUT2D eigenvalue weighted by Crippen LogP contribution is -2.48. The van der Waals surface area contributed by atoms with Gasteiger partial charge in [-0.3, -0.25) is 14.1 Å². The Morgan fingerprint density at radius 1 is 1.00 bits per heavy atom. The number of hydrogen-bond donors (Lipinski definition) is 1. The number of anilines is 2. The van der Waals surface area contributed by atoms with E-state index in [9.17, 15) is 13.2 Å². The molecule has 4 aromatic rings. The predicted molar refractivity (Wildman–Crippen MR) is 143 cm³/mol. The van der Waals surface area contributed by atoms with Gasteiger partial charge >= 0.3 is 10.2 Å². The molecular weight excluding hydrogens is 521 g/mol. The Labute approximate surface area is 218 Å². The highest BCUT2D eigenvalue weighted by Gasteiger charge is 2.31. The number of carbonyl (C=O) groups excluding carboxylic acids is 1. The first kappa shape index (κ1) is 24.5. The van der Waals surface area contributed by atoms with Crippen molar-refractivity contribution in [2.45, 2.75) is 6.42 Å². The Hall–Kier alpha value is -3.24. The number of nitrogens with one attached hydrogen (secondary N) is 1. The van der Waals surface area contributed by atoms with Crippen molar-refractivity contribution in [3.05, 3.63) is 82.6 Å². The van der Waals surface area contributed by atoms with Crippen LogP contribution in [0.15, 0.2) is 67.0 Å². The number of amides is 1. The maximum absolute atomic E-state index is 13.0. The van der Waals surface area contributed by atoms with E-state index in [1.165, 1.54) is 27.8 Å². The number of fused-ring (bicyclic) bond motifs is 1. The maximum Gasteiger partial charge on any atom is 0.303 e. The van der Waals surface area contributed by atoms with Gasteiger partial charge in [-0.15, -0.1) is 0 Å². The second-order valence-corrected chi connectivity index (χ2v) is 11.1. The summed E-state index contributed by atoms with van der Waals surface area (Å²) >= 11 is 12.9. The van der Waals surface area contributed by atoms with Gasteiger partial charge in [-0.05, 0) is 61.0 Å². The van der Waals surface area contributed by atoms with Crippen LogP contribution < -0.4 is 9.62 Å². The van der Waals surface area contributed by atoms with Crippen LogP contribution in [0.5, 0.6) is 0 Å². The molecule has 1 fully saturated rings. The van der Waals surface area contributed by atoms with Crippen LogP contribution in [0.25, 0.3) is 22.2 Å². The Bertz CT molecular complexity index is 1600. The average molecular weight is 542 g/mol. The summed E-state index contributed by atoms with van der Waals surface area (Å²) in [4.78, 5) is 21.8. The molecule has 1 N–H and O–H groups in total. The Balaban J connectivity index is 1.40. The molecule has 0 aliphatic carbocycles. The summed E-state index contributed by atoms with van der Waals surface area (Å²) in [6.07, 6.45) is 4.10. The topological polar surface area (TPSA) is 95.5 Å². The fraction of sp³-hybridized carbons (Fsp3) is 0.160. The second kappa shape index (κ2) is 9.67. The minimum absolute atomic E-state index is 0.146. The largest absolute Gasteiger partial charge is 0.322 e. The third-order valence-corrected chi connectivity index (χ3v) is 8.54. The molecule has 0 radical (unpaired) electrons. The zero-order valence-electron chi connectivity index (χ0n) is 19.1. The Morgan fingerprint density at radius 2 is 1.83 bits per heavy atom. The highest BCUT2D eigenvalue weighted by atomic mass is 35.5. The van der Waals surface area contributed by atoms with E-state index in [0.29, 0.717) is 47.2 Å². The molecule has 1 aliphatic rings. The number of carbonyl (C=O) groups is 1. The van der Waals surface area contributed by atoms with Crippen LogP contribution in [-0.4, -0.2) is 48.7 Å². The molecule has 0 bridgehead atoms.